The first-order valence-electron chi connectivity index (χ1n) is 9.52. The number of ether oxygens (including phenoxy) is 1. The highest BCUT2D eigenvalue weighted by Crippen LogP contribution is 2.40. The Kier molecular flexibility index (Phi) is 6.14. The number of sulfone groups is 1. The Balaban J connectivity index is 1.91. The average Bonchev–Trinajstić information content (AvgIpc) is 3.17. The second-order valence-corrected chi connectivity index (χ2v) is 9.71. The minimum absolute atomic E-state index is 0.0759. The van der Waals surface area contributed by atoms with Crippen LogP contribution in [0.3, 0.4) is 0 Å². The fourth-order valence-electron chi connectivity index (χ4n) is 4.04. The monoisotopic (exact) mass is 434 g/mol. The van der Waals surface area contributed by atoms with Crippen molar-refractivity contribution >= 4 is 21.4 Å². The van der Waals surface area contributed by atoms with Gasteiger partial charge in [0.05, 0.1) is 21.8 Å². The molecule has 0 radical (unpaired) electrons. The van der Waals surface area contributed by atoms with E-state index in [4.69, 9.17) is 4.74 Å². The summed E-state index contributed by atoms with van der Waals surface area (Å²) in [4.78, 5) is 14.1. The SMILES string of the molecule is CO[C@H]1CC[C@H](S(=O)(=O)c2ccc(N3CCN(C(C)=O)CC3)cc2C(F)(F)F)C1. The van der Waals surface area contributed by atoms with Gasteiger partial charge in [0.15, 0.2) is 9.84 Å². The third kappa shape index (κ3) is 4.53. The quantitative estimate of drug-likeness (QED) is 0.729. The lowest BCUT2D eigenvalue weighted by Gasteiger charge is -2.36. The summed E-state index contributed by atoms with van der Waals surface area (Å²) >= 11 is 0. The van der Waals surface area contributed by atoms with E-state index in [9.17, 15) is 26.4 Å². The number of anilines is 1. The Bertz CT molecular complexity index is 865. The van der Waals surface area contributed by atoms with Gasteiger partial charge in [0, 0.05) is 45.9 Å². The van der Waals surface area contributed by atoms with Crippen LogP contribution in [-0.4, -0.2) is 63.9 Å². The van der Waals surface area contributed by atoms with Crippen molar-refractivity contribution in [2.45, 2.75) is 48.6 Å². The van der Waals surface area contributed by atoms with E-state index in [0.717, 1.165) is 12.1 Å². The molecule has 2 aliphatic rings. The van der Waals surface area contributed by atoms with Gasteiger partial charge < -0.3 is 14.5 Å². The molecule has 1 aliphatic heterocycles. The Morgan fingerprint density at radius 2 is 1.79 bits per heavy atom. The highest BCUT2D eigenvalue weighted by molar-refractivity contribution is 7.92. The average molecular weight is 434 g/mol. The molecule has 0 N–H and O–H groups in total. The molecule has 1 amide bonds. The van der Waals surface area contributed by atoms with Gasteiger partial charge in [-0.3, -0.25) is 4.79 Å². The summed E-state index contributed by atoms with van der Waals surface area (Å²) in [5.41, 5.74) is -0.828. The van der Waals surface area contributed by atoms with Gasteiger partial charge in [0.25, 0.3) is 0 Å². The van der Waals surface area contributed by atoms with Crippen molar-refractivity contribution in [2.24, 2.45) is 0 Å². The molecule has 2 atom stereocenters. The van der Waals surface area contributed by atoms with Gasteiger partial charge in [-0.05, 0) is 37.5 Å². The lowest BCUT2D eigenvalue weighted by atomic mass is 10.1. The van der Waals surface area contributed by atoms with Crippen molar-refractivity contribution in [3.63, 3.8) is 0 Å². The summed E-state index contributed by atoms with van der Waals surface area (Å²) in [6.45, 7) is 3.06. The van der Waals surface area contributed by atoms with Gasteiger partial charge in [-0.15, -0.1) is 0 Å². The van der Waals surface area contributed by atoms with Crippen molar-refractivity contribution in [1.82, 2.24) is 4.90 Å². The Hall–Kier alpha value is -1.81. The van der Waals surface area contributed by atoms with Crippen LogP contribution in [0.5, 0.6) is 0 Å². The molecule has 1 aromatic rings. The normalized spacial score (nSPS) is 23.5. The van der Waals surface area contributed by atoms with E-state index >= 15 is 0 Å². The molecule has 0 unspecified atom stereocenters. The second kappa shape index (κ2) is 8.14. The first-order valence-corrected chi connectivity index (χ1v) is 11.1. The predicted molar refractivity (Wildman–Crippen MR) is 102 cm³/mol. The van der Waals surface area contributed by atoms with Crippen molar-refractivity contribution in [3.8, 4) is 0 Å². The topological polar surface area (TPSA) is 66.9 Å². The van der Waals surface area contributed by atoms with Crippen LogP contribution in [0.2, 0.25) is 0 Å². The molecule has 162 valence electrons. The van der Waals surface area contributed by atoms with E-state index in [0.29, 0.717) is 38.3 Å². The highest BCUT2D eigenvalue weighted by Gasteiger charge is 2.42. The Labute approximate surface area is 168 Å². The maximum Gasteiger partial charge on any atom is 0.417 e. The summed E-state index contributed by atoms with van der Waals surface area (Å²) in [7, 11) is -2.66. The number of hydrogen-bond acceptors (Lipinski definition) is 5. The van der Waals surface area contributed by atoms with Crippen LogP contribution in [0.25, 0.3) is 0 Å². The number of carbonyl (C=O) groups is 1. The maximum absolute atomic E-state index is 13.8. The number of carbonyl (C=O) groups excluding carboxylic acids is 1. The molecule has 1 heterocycles. The van der Waals surface area contributed by atoms with Crippen LogP contribution in [-0.2, 0) is 25.5 Å². The van der Waals surface area contributed by atoms with Crippen LogP contribution in [0.1, 0.15) is 31.7 Å². The van der Waals surface area contributed by atoms with E-state index < -0.39 is 31.7 Å². The standard InChI is InChI=1S/C19H25F3N2O4S/c1-13(25)23-7-9-24(10-8-23)14-3-6-18(17(11-14)19(20,21)22)29(26,27)16-5-4-15(12-16)28-2/h3,6,11,15-16H,4-5,7-10,12H2,1-2H3/t15-,16-/m0/s1. The van der Waals surface area contributed by atoms with Crippen molar-refractivity contribution in [3.05, 3.63) is 23.8 Å². The molecule has 1 saturated carbocycles. The number of halogens is 3. The fourth-order valence-corrected chi connectivity index (χ4v) is 6.05. The summed E-state index contributed by atoms with van der Waals surface area (Å²) in [6, 6.07) is 3.42. The van der Waals surface area contributed by atoms with Crippen LogP contribution in [0.4, 0.5) is 18.9 Å². The van der Waals surface area contributed by atoms with E-state index in [1.807, 2.05) is 0 Å². The summed E-state index contributed by atoms with van der Waals surface area (Å²) in [6.07, 6.45) is -4.04. The van der Waals surface area contributed by atoms with Crippen molar-refractivity contribution < 1.29 is 31.1 Å². The van der Waals surface area contributed by atoms with Crippen molar-refractivity contribution in [2.75, 3.05) is 38.2 Å². The highest BCUT2D eigenvalue weighted by atomic mass is 32.2. The third-order valence-corrected chi connectivity index (χ3v) is 8.05. The number of methoxy groups -OCH3 is 1. The molecule has 0 bridgehead atoms. The largest absolute Gasteiger partial charge is 0.417 e. The zero-order valence-corrected chi connectivity index (χ0v) is 17.2. The molecule has 0 spiro atoms. The molecule has 6 nitrogen and oxygen atoms in total. The lowest BCUT2D eigenvalue weighted by molar-refractivity contribution is -0.139. The molecular weight excluding hydrogens is 409 g/mol. The fraction of sp³-hybridized carbons (Fsp3) is 0.632. The van der Waals surface area contributed by atoms with E-state index in [1.165, 1.54) is 20.1 Å². The minimum atomic E-state index is -4.79. The second-order valence-electron chi connectivity index (χ2n) is 7.51. The van der Waals surface area contributed by atoms with Gasteiger partial charge in [-0.2, -0.15) is 13.2 Å². The van der Waals surface area contributed by atoms with Crippen LogP contribution in [0, 0.1) is 0 Å². The maximum atomic E-state index is 13.8. The number of piperazine rings is 1. The summed E-state index contributed by atoms with van der Waals surface area (Å²) in [5, 5.41) is -0.876. The number of amides is 1. The molecule has 10 heteroatoms. The van der Waals surface area contributed by atoms with Gasteiger partial charge in [0.2, 0.25) is 5.91 Å². The molecule has 0 aromatic heterocycles. The van der Waals surface area contributed by atoms with Crippen LogP contribution in [0.15, 0.2) is 23.1 Å². The molecule has 1 saturated heterocycles. The molecule has 29 heavy (non-hydrogen) atoms. The first-order chi connectivity index (χ1) is 13.5. The van der Waals surface area contributed by atoms with Crippen LogP contribution >= 0.6 is 0 Å². The minimum Gasteiger partial charge on any atom is -0.381 e. The molecular formula is C19H25F3N2O4S. The summed E-state index contributed by atoms with van der Waals surface area (Å²) < 4.78 is 72.4. The smallest absolute Gasteiger partial charge is 0.381 e. The van der Waals surface area contributed by atoms with E-state index in [-0.39, 0.29) is 24.9 Å². The Morgan fingerprint density at radius 3 is 2.31 bits per heavy atom. The van der Waals surface area contributed by atoms with Crippen molar-refractivity contribution in [1.29, 1.82) is 0 Å². The zero-order valence-electron chi connectivity index (χ0n) is 16.4. The number of nitrogens with zero attached hydrogens (tertiary/aromatic N) is 2. The number of hydrogen-bond donors (Lipinski definition) is 0. The predicted octanol–water partition coefficient (Wildman–Crippen LogP) is 2.72. The lowest BCUT2D eigenvalue weighted by Crippen LogP contribution is -2.48. The Morgan fingerprint density at radius 1 is 1.14 bits per heavy atom. The molecule has 1 aliphatic carbocycles. The molecule has 2 fully saturated rings. The van der Waals surface area contributed by atoms with E-state index in [2.05, 4.69) is 0 Å². The van der Waals surface area contributed by atoms with Gasteiger partial charge >= 0.3 is 6.18 Å². The van der Waals surface area contributed by atoms with E-state index in [1.54, 1.807) is 9.80 Å². The number of alkyl halides is 3. The van der Waals surface area contributed by atoms with Crippen LogP contribution < -0.4 is 4.90 Å². The number of benzene rings is 1. The summed E-state index contributed by atoms with van der Waals surface area (Å²) in [5.74, 6) is -0.0759. The van der Waals surface area contributed by atoms with Gasteiger partial charge in [0.1, 0.15) is 0 Å². The first kappa shape index (κ1) is 21.9. The number of rotatable bonds is 4. The third-order valence-electron chi connectivity index (χ3n) is 5.77. The zero-order chi connectivity index (χ0) is 21.4. The molecule has 3 rings (SSSR count). The van der Waals surface area contributed by atoms with Gasteiger partial charge in [-0.25, -0.2) is 8.42 Å². The van der Waals surface area contributed by atoms with Gasteiger partial charge in [-0.1, -0.05) is 0 Å². The molecule has 1 aromatic carbocycles.